The lowest BCUT2D eigenvalue weighted by Gasteiger charge is -2.22. The van der Waals surface area contributed by atoms with Crippen LogP contribution in [0.2, 0.25) is 0 Å². The number of nitrogens with zero attached hydrogens (tertiary/aromatic N) is 3. The summed E-state index contributed by atoms with van der Waals surface area (Å²) in [5, 5.41) is 3.35. The van der Waals surface area contributed by atoms with Gasteiger partial charge in [-0.2, -0.15) is 0 Å². The Kier molecular flexibility index (Phi) is 4.54. The molecule has 3 heterocycles. The molecule has 3 rings (SSSR count). The highest BCUT2D eigenvalue weighted by Crippen LogP contribution is 2.36. The lowest BCUT2D eigenvalue weighted by atomic mass is 10.1. The maximum absolute atomic E-state index is 5.62. The lowest BCUT2D eigenvalue weighted by molar-refractivity contribution is 0.202. The van der Waals surface area contributed by atoms with Crippen LogP contribution in [0, 0.1) is 6.92 Å². The third-order valence-corrected chi connectivity index (χ3v) is 4.29. The summed E-state index contributed by atoms with van der Waals surface area (Å²) in [7, 11) is 1.70. The average Bonchev–Trinajstić information content (AvgIpc) is 2.68. The molecule has 23 heavy (non-hydrogen) atoms. The number of nitrogens with one attached hydrogen (secondary N) is 1. The molecule has 0 radical (unpaired) electrons. The van der Waals surface area contributed by atoms with Crippen molar-refractivity contribution in [2.45, 2.75) is 20.3 Å². The number of rotatable bonds is 4. The summed E-state index contributed by atoms with van der Waals surface area (Å²) < 4.78 is 5.15. The summed E-state index contributed by atoms with van der Waals surface area (Å²) in [5.41, 5.74) is 4.12. The van der Waals surface area contributed by atoms with Gasteiger partial charge in [0, 0.05) is 26.0 Å². The van der Waals surface area contributed by atoms with Crippen LogP contribution in [-0.2, 0) is 11.2 Å². The lowest BCUT2D eigenvalue weighted by Crippen LogP contribution is -2.20. The Bertz CT molecular complexity index is 747. The van der Waals surface area contributed by atoms with Crippen LogP contribution < -0.4 is 10.2 Å². The van der Waals surface area contributed by atoms with Crippen LogP contribution in [0.1, 0.15) is 23.6 Å². The largest absolute Gasteiger partial charge is 0.384 e. The van der Waals surface area contributed by atoms with Gasteiger partial charge in [0.15, 0.2) is 5.82 Å². The van der Waals surface area contributed by atoms with E-state index in [0.717, 1.165) is 47.0 Å². The fraction of sp³-hybridized carbons (Fsp3) is 0.353. The SMILES string of the molecule is CCN1c2ncc(CCOC)cc2C(=S)Nc2c(C)ccnc21. The number of pyridine rings is 2. The monoisotopic (exact) mass is 328 g/mol. The Hall–Kier alpha value is -2.05. The van der Waals surface area contributed by atoms with E-state index in [1.807, 2.05) is 18.5 Å². The van der Waals surface area contributed by atoms with Crippen molar-refractivity contribution in [1.29, 1.82) is 0 Å². The van der Waals surface area contributed by atoms with E-state index in [9.17, 15) is 0 Å². The van der Waals surface area contributed by atoms with Gasteiger partial charge in [0.1, 0.15) is 10.8 Å². The topological polar surface area (TPSA) is 50.3 Å². The number of ether oxygens (including phenoxy) is 1. The summed E-state index contributed by atoms with van der Waals surface area (Å²) in [6, 6.07) is 4.08. The molecule has 5 nitrogen and oxygen atoms in total. The Morgan fingerprint density at radius 1 is 1.30 bits per heavy atom. The van der Waals surface area contributed by atoms with E-state index < -0.39 is 0 Å². The average molecular weight is 328 g/mol. The van der Waals surface area contributed by atoms with E-state index in [1.54, 1.807) is 7.11 Å². The Balaban J connectivity index is 2.11. The minimum atomic E-state index is 0.666. The van der Waals surface area contributed by atoms with E-state index in [4.69, 9.17) is 17.0 Å². The molecule has 0 unspecified atom stereocenters. The number of aryl methyl sites for hydroxylation is 1. The molecule has 0 aromatic carbocycles. The van der Waals surface area contributed by atoms with Gasteiger partial charge < -0.3 is 15.0 Å². The van der Waals surface area contributed by atoms with Gasteiger partial charge in [0.2, 0.25) is 0 Å². The van der Waals surface area contributed by atoms with E-state index in [2.05, 4.69) is 40.1 Å². The number of hydrogen-bond donors (Lipinski definition) is 1. The first-order chi connectivity index (χ1) is 11.2. The highest BCUT2D eigenvalue weighted by Gasteiger charge is 2.25. The predicted octanol–water partition coefficient (Wildman–Crippen LogP) is 3.23. The van der Waals surface area contributed by atoms with Crippen molar-refractivity contribution in [3.05, 3.63) is 41.2 Å². The number of hydrogen-bond acceptors (Lipinski definition) is 5. The molecule has 0 atom stereocenters. The first kappa shape index (κ1) is 15.8. The smallest absolute Gasteiger partial charge is 0.158 e. The fourth-order valence-corrected chi connectivity index (χ4v) is 2.98. The third kappa shape index (κ3) is 2.92. The van der Waals surface area contributed by atoms with Crippen molar-refractivity contribution in [2.24, 2.45) is 0 Å². The Morgan fingerprint density at radius 2 is 2.13 bits per heavy atom. The molecule has 120 valence electrons. The third-order valence-electron chi connectivity index (χ3n) is 3.97. The van der Waals surface area contributed by atoms with Gasteiger partial charge in [-0.15, -0.1) is 0 Å². The fourth-order valence-electron chi connectivity index (χ4n) is 2.72. The maximum Gasteiger partial charge on any atom is 0.158 e. The first-order valence-corrected chi connectivity index (χ1v) is 8.09. The quantitative estimate of drug-likeness (QED) is 0.870. The van der Waals surface area contributed by atoms with E-state index in [0.29, 0.717) is 11.6 Å². The minimum Gasteiger partial charge on any atom is -0.384 e. The number of fused-ring (bicyclic) bond motifs is 2. The highest BCUT2D eigenvalue weighted by atomic mass is 32.1. The predicted molar refractivity (Wildman–Crippen MR) is 96.8 cm³/mol. The zero-order valence-corrected chi connectivity index (χ0v) is 14.4. The van der Waals surface area contributed by atoms with Crippen molar-refractivity contribution >= 4 is 34.5 Å². The van der Waals surface area contributed by atoms with E-state index in [-0.39, 0.29) is 0 Å². The van der Waals surface area contributed by atoms with Gasteiger partial charge in [-0.1, -0.05) is 12.2 Å². The van der Waals surface area contributed by atoms with Crippen LogP contribution >= 0.6 is 12.2 Å². The molecule has 0 amide bonds. The summed E-state index contributed by atoms with van der Waals surface area (Å²) in [5.74, 6) is 1.72. The second kappa shape index (κ2) is 6.60. The van der Waals surface area contributed by atoms with Crippen LogP contribution in [-0.4, -0.2) is 35.2 Å². The van der Waals surface area contributed by atoms with E-state index in [1.165, 1.54) is 0 Å². The van der Waals surface area contributed by atoms with Gasteiger partial charge in [-0.25, -0.2) is 9.97 Å². The van der Waals surface area contributed by atoms with Gasteiger partial charge >= 0.3 is 0 Å². The molecular formula is C17H20N4OS. The minimum absolute atomic E-state index is 0.666. The highest BCUT2D eigenvalue weighted by molar-refractivity contribution is 7.81. The van der Waals surface area contributed by atoms with Gasteiger partial charge in [0.25, 0.3) is 0 Å². The van der Waals surface area contributed by atoms with Crippen LogP contribution in [0.3, 0.4) is 0 Å². The molecule has 0 spiro atoms. The van der Waals surface area contributed by atoms with Crippen LogP contribution in [0.25, 0.3) is 0 Å². The van der Waals surface area contributed by atoms with Crippen molar-refractivity contribution in [3.63, 3.8) is 0 Å². The summed E-state index contributed by atoms with van der Waals surface area (Å²) in [6.07, 6.45) is 4.53. The normalized spacial score (nSPS) is 13.2. The van der Waals surface area contributed by atoms with Gasteiger partial charge in [-0.3, -0.25) is 0 Å². The maximum atomic E-state index is 5.62. The molecule has 0 aliphatic carbocycles. The molecule has 0 bridgehead atoms. The molecule has 2 aromatic heterocycles. The van der Waals surface area contributed by atoms with Crippen LogP contribution in [0.5, 0.6) is 0 Å². The molecule has 1 aliphatic rings. The second-order valence-corrected chi connectivity index (χ2v) is 5.89. The molecule has 1 aliphatic heterocycles. The summed E-state index contributed by atoms with van der Waals surface area (Å²) in [4.78, 5) is 12.0. The van der Waals surface area contributed by atoms with Gasteiger partial charge in [0.05, 0.1) is 17.9 Å². The molecule has 0 saturated carbocycles. The molecule has 2 aromatic rings. The molecule has 0 fully saturated rings. The first-order valence-electron chi connectivity index (χ1n) is 7.68. The summed E-state index contributed by atoms with van der Waals surface area (Å²) >= 11 is 5.62. The van der Waals surface area contributed by atoms with Crippen molar-refractivity contribution in [3.8, 4) is 0 Å². The zero-order valence-electron chi connectivity index (χ0n) is 13.6. The van der Waals surface area contributed by atoms with Gasteiger partial charge in [-0.05, 0) is 43.5 Å². The van der Waals surface area contributed by atoms with Crippen molar-refractivity contribution in [2.75, 3.05) is 30.5 Å². The zero-order chi connectivity index (χ0) is 16.4. The summed E-state index contributed by atoms with van der Waals surface area (Å²) in [6.45, 7) is 5.58. The Labute approximate surface area is 141 Å². The van der Waals surface area contributed by atoms with E-state index >= 15 is 0 Å². The number of methoxy groups -OCH3 is 1. The van der Waals surface area contributed by atoms with Crippen molar-refractivity contribution in [1.82, 2.24) is 9.97 Å². The molecule has 0 saturated heterocycles. The molecular weight excluding hydrogens is 308 g/mol. The van der Waals surface area contributed by atoms with Crippen LogP contribution in [0.4, 0.5) is 17.3 Å². The number of anilines is 3. The Morgan fingerprint density at radius 3 is 2.87 bits per heavy atom. The molecule has 1 N–H and O–H groups in total. The van der Waals surface area contributed by atoms with Crippen LogP contribution in [0.15, 0.2) is 24.5 Å². The van der Waals surface area contributed by atoms with Crippen molar-refractivity contribution < 1.29 is 4.74 Å². The number of aromatic nitrogens is 2. The molecule has 6 heteroatoms. The standard InChI is InChI=1S/C17H20N4OS/c1-4-21-15-13(9-12(10-19-15)6-8-22-3)17(23)20-14-11(2)5-7-18-16(14)21/h5,7,9-10H,4,6,8H2,1-3H3,(H,20,23). The second-order valence-electron chi connectivity index (χ2n) is 5.48. The number of thiocarbonyl (C=S) groups is 1.